The molecular weight excluding hydrogens is 823 g/mol. The molecule has 1 aromatic carbocycles. The van der Waals surface area contributed by atoms with Crippen LogP contribution in [0.25, 0.3) is 0 Å². The van der Waals surface area contributed by atoms with Gasteiger partial charge in [-0.15, -0.1) is 0 Å². The fourth-order valence-corrected chi connectivity index (χ4v) is 8.74. The quantitative estimate of drug-likeness (QED) is 0.0310. The van der Waals surface area contributed by atoms with Crippen molar-refractivity contribution in [2.24, 2.45) is 5.92 Å². The van der Waals surface area contributed by atoms with Crippen molar-refractivity contribution in [3.8, 4) is 0 Å². The summed E-state index contributed by atoms with van der Waals surface area (Å²) in [6.07, 6.45) is 31.3. The van der Waals surface area contributed by atoms with Gasteiger partial charge in [0.05, 0.1) is 37.2 Å². The third kappa shape index (κ3) is 24.9. The minimum atomic E-state index is -1.20. The number of aliphatic hydroxyl groups excluding tert-OH is 1. The fourth-order valence-electron chi connectivity index (χ4n) is 8.74. The molecule has 3 rings (SSSR count). The van der Waals surface area contributed by atoms with Gasteiger partial charge in [0.15, 0.2) is 12.4 Å². The van der Waals surface area contributed by atoms with Crippen LogP contribution in [-0.4, -0.2) is 78.9 Å². The largest absolute Gasteiger partial charge is 0.463 e. The minimum absolute atomic E-state index is 0.148. The van der Waals surface area contributed by atoms with Crippen LogP contribution in [-0.2, 0) is 38.1 Å². The summed E-state index contributed by atoms with van der Waals surface area (Å²) in [5.74, 6) is -2.72. The number of fused-ring (bicyclic) bond motifs is 2. The number of carbonyl (C=O) groups excluding carboxylic acids is 4. The van der Waals surface area contributed by atoms with E-state index in [-0.39, 0.29) is 32.0 Å². The van der Waals surface area contributed by atoms with Crippen LogP contribution in [0.5, 0.6) is 0 Å². The van der Waals surface area contributed by atoms with E-state index in [1.165, 1.54) is 128 Å². The molecule has 0 aromatic heterocycles. The lowest BCUT2D eigenvalue weighted by Gasteiger charge is -2.43. The van der Waals surface area contributed by atoms with Crippen LogP contribution < -0.4 is 5.32 Å². The van der Waals surface area contributed by atoms with Crippen LogP contribution >= 0.6 is 0 Å². The molecule has 0 radical (unpaired) electrons. The van der Waals surface area contributed by atoms with Crippen molar-refractivity contribution in [1.82, 2.24) is 5.32 Å². The lowest BCUT2D eigenvalue weighted by Crippen LogP contribution is -2.58. The first-order valence-electron chi connectivity index (χ1n) is 26.3. The van der Waals surface area contributed by atoms with E-state index in [1.807, 2.05) is 12.2 Å². The van der Waals surface area contributed by atoms with E-state index in [4.69, 9.17) is 23.7 Å². The summed E-state index contributed by atoms with van der Waals surface area (Å²) in [6.45, 7) is 5.79. The van der Waals surface area contributed by atoms with E-state index in [2.05, 4.69) is 19.2 Å². The Bertz CT molecular complexity index is 1440. The van der Waals surface area contributed by atoms with Gasteiger partial charge in [-0.1, -0.05) is 199 Å². The van der Waals surface area contributed by atoms with Crippen molar-refractivity contribution >= 4 is 23.8 Å². The Morgan fingerprint density at radius 3 is 1.75 bits per heavy atom. The highest BCUT2D eigenvalue weighted by molar-refractivity contribution is 5.89. The predicted molar refractivity (Wildman–Crippen MR) is 257 cm³/mol. The molecule has 2 fully saturated rings. The molecular formula is C54H89NO10. The average Bonchev–Trinajstić information content (AvgIpc) is 3.31. The van der Waals surface area contributed by atoms with Gasteiger partial charge in [-0.3, -0.25) is 14.4 Å². The summed E-state index contributed by atoms with van der Waals surface area (Å²) in [5, 5.41) is 14.4. The summed E-state index contributed by atoms with van der Waals surface area (Å²) >= 11 is 0. The topological polar surface area (TPSA) is 147 Å². The van der Waals surface area contributed by atoms with E-state index < -0.39 is 60.6 Å². The summed E-state index contributed by atoms with van der Waals surface area (Å²) in [5.41, 5.74) is 0.324. The van der Waals surface area contributed by atoms with Crippen LogP contribution in [0.3, 0.4) is 0 Å². The second-order valence-electron chi connectivity index (χ2n) is 18.7. The van der Waals surface area contributed by atoms with E-state index in [1.54, 1.807) is 37.3 Å². The number of allylic oxidation sites excluding steroid dienone is 1. The van der Waals surface area contributed by atoms with Gasteiger partial charge in [0.2, 0.25) is 5.91 Å². The number of cyclic esters (lactones) is 2. The summed E-state index contributed by atoms with van der Waals surface area (Å²) in [7, 11) is 0. The summed E-state index contributed by atoms with van der Waals surface area (Å²) in [4.78, 5) is 53.0. The van der Waals surface area contributed by atoms with Gasteiger partial charge < -0.3 is 34.1 Å². The molecule has 0 aliphatic carbocycles. The molecule has 1 aromatic rings. The SMILES string of the molecule is CCCCCCCCCCCCC/C=C/[C@H]1OC(=O)CCC(=O)OCC2O[C@@H](OC[C@@H]1NC(=O)CCCCCCCCCCCCCCCCC)C(OC(=O)c1ccccc1)[C@@H](C)[C@@H]2O. The summed E-state index contributed by atoms with van der Waals surface area (Å²) < 4.78 is 29.9. The van der Waals surface area contributed by atoms with E-state index in [0.717, 1.165) is 44.9 Å². The average molecular weight is 912 g/mol. The summed E-state index contributed by atoms with van der Waals surface area (Å²) in [6, 6.07) is 7.71. The van der Waals surface area contributed by atoms with Crippen molar-refractivity contribution in [1.29, 1.82) is 0 Å². The molecule has 0 saturated carbocycles. The van der Waals surface area contributed by atoms with E-state index in [0.29, 0.717) is 12.0 Å². The Labute approximate surface area is 393 Å². The van der Waals surface area contributed by atoms with Crippen LogP contribution in [0.15, 0.2) is 42.5 Å². The van der Waals surface area contributed by atoms with Crippen LogP contribution in [0.4, 0.5) is 0 Å². The van der Waals surface area contributed by atoms with E-state index >= 15 is 0 Å². The third-order valence-electron chi connectivity index (χ3n) is 13.0. The molecule has 2 aliphatic heterocycles. The number of ether oxygens (including phenoxy) is 5. The molecule has 7 atom stereocenters. The highest BCUT2D eigenvalue weighted by Gasteiger charge is 2.47. The highest BCUT2D eigenvalue weighted by Crippen LogP contribution is 2.31. The van der Waals surface area contributed by atoms with Crippen LogP contribution in [0.1, 0.15) is 224 Å². The number of esters is 3. The second-order valence-corrected chi connectivity index (χ2v) is 18.7. The minimum Gasteiger partial charge on any atom is -0.463 e. The molecule has 65 heavy (non-hydrogen) atoms. The van der Waals surface area contributed by atoms with Gasteiger partial charge in [0.1, 0.15) is 18.8 Å². The number of carbonyl (C=O) groups is 4. The Morgan fingerprint density at radius 2 is 1.20 bits per heavy atom. The molecule has 11 heteroatoms. The maximum atomic E-state index is 13.6. The normalized spacial score (nSPS) is 23.1. The molecule has 2 unspecified atom stereocenters. The van der Waals surface area contributed by atoms with E-state index in [9.17, 15) is 24.3 Å². The molecule has 2 saturated heterocycles. The Morgan fingerprint density at radius 1 is 0.692 bits per heavy atom. The van der Waals surface area contributed by atoms with Gasteiger partial charge in [-0.2, -0.15) is 0 Å². The van der Waals surface area contributed by atoms with Crippen molar-refractivity contribution in [3.63, 3.8) is 0 Å². The molecule has 2 N–H and O–H groups in total. The third-order valence-corrected chi connectivity index (χ3v) is 13.0. The molecule has 2 heterocycles. The first kappa shape index (κ1) is 56.0. The van der Waals surface area contributed by atoms with Gasteiger partial charge in [-0.25, -0.2) is 4.79 Å². The monoisotopic (exact) mass is 912 g/mol. The molecule has 2 bridgehead atoms. The number of benzene rings is 1. The standard InChI is InChI=1S/C54H89NO10/c1-4-6-8-10-12-14-16-18-19-21-23-25-27-29-34-38-48(56)55-45-41-62-54-52(65-53(60)44-35-31-30-32-36-44)43(3)51(59)47(64-54)42-61-49(57)39-40-50(58)63-46(45)37-33-28-26-24-22-20-17-15-13-11-9-7-5-2/h30-33,35-37,43,45-47,51-52,54,59H,4-29,34,38-42H2,1-3H3,(H,55,56)/b37-33+/t43-,45-,46+,47?,51-,52?,54+/m0/s1. The van der Waals surface area contributed by atoms with Gasteiger partial charge in [0, 0.05) is 12.3 Å². The zero-order valence-corrected chi connectivity index (χ0v) is 40.8. The fraction of sp³-hybridized carbons (Fsp3) is 0.778. The Balaban J connectivity index is 1.64. The first-order valence-corrected chi connectivity index (χ1v) is 26.3. The molecule has 0 spiro atoms. The van der Waals surface area contributed by atoms with Crippen LogP contribution in [0.2, 0.25) is 0 Å². The number of unbranched alkanes of at least 4 members (excludes halogenated alkanes) is 25. The number of rotatable bonds is 32. The van der Waals surface area contributed by atoms with Crippen molar-refractivity contribution in [2.75, 3.05) is 13.2 Å². The molecule has 1 amide bonds. The second kappa shape index (κ2) is 35.9. The molecule has 11 nitrogen and oxygen atoms in total. The lowest BCUT2D eigenvalue weighted by atomic mass is 9.90. The van der Waals surface area contributed by atoms with Gasteiger partial charge in [0.25, 0.3) is 0 Å². The van der Waals surface area contributed by atoms with Crippen LogP contribution in [0, 0.1) is 5.92 Å². The molecule has 2 aliphatic rings. The Kier molecular flexibility index (Phi) is 30.9. The van der Waals surface area contributed by atoms with Crippen molar-refractivity contribution in [3.05, 3.63) is 48.0 Å². The van der Waals surface area contributed by atoms with Gasteiger partial charge >= 0.3 is 17.9 Å². The molecule has 370 valence electrons. The van der Waals surface area contributed by atoms with Gasteiger partial charge in [-0.05, 0) is 37.5 Å². The number of hydrogen-bond acceptors (Lipinski definition) is 10. The maximum Gasteiger partial charge on any atom is 0.338 e. The lowest BCUT2D eigenvalue weighted by molar-refractivity contribution is -0.289. The highest BCUT2D eigenvalue weighted by atomic mass is 16.7. The number of hydrogen-bond donors (Lipinski definition) is 2. The smallest absolute Gasteiger partial charge is 0.338 e. The zero-order chi connectivity index (χ0) is 46.7. The number of amides is 1. The zero-order valence-electron chi connectivity index (χ0n) is 40.8. The first-order chi connectivity index (χ1) is 31.7. The Hall–Kier alpha value is -3.28. The van der Waals surface area contributed by atoms with Crippen molar-refractivity contribution in [2.45, 2.75) is 250 Å². The maximum absolute atomic E-state index is 13.6. The van der Waals surface area contributed by atoms with Crippen molar-refractivity contribution < 1.29 is 48.0 Å². The number of nitrogens with one attached hydrogen (secondary N) is 1. The number of aliphatic hydroxyl groups is 1. The predicted octanol–water partition coefficient (Wildman–Crippen LogP) is 12.2.